The topological polar surface area (TPSA) is 237 Å². The lowest BCUT2D eigenvalue weighted by Gasteiger charge is -2.38. The number of hydrogen-bond acceptors (Lipinski definition) is 8. The summed E-state index contributed by atoms with van der Waals surface area (Å²) in [5.41, 5.74) is 6.10. The number of carboxylic acids is 1. The first-order chi connectivity index (χ1) is 24.4. The van der Waals surface area contributed by atoms with E-state index >= 15 is 0 Å². The zero-order valence-corrected chi connectivity index (χ0v) is 28.2. The van der Waals surface area contributed by atoms with Gasteiger partial charge in [-0.15, -0.1) is 0 Å². The smallest absolute Gasteiger partial charge is 0.307 e. The van der Waals surface area contributed by atoms with Crippen LogP contribution in [0.2, 0.25) is 0 Å². The summed E-state index contributed by atoms with van der Waals surface area (Å²) in [6, 6.07) is 17.6. The monoisotopic (exact) mass is 703 g/mol. The number of aliphatic hydroxyl groups excluding tert-OH is 1. The minimum absolute atomic E-state index is 0.124. The van der Waals surface area contributed by atoms with Gasteiger partial charge in [0.05, 0.1) is 12.8 Å². The molecule has 0 heterocycles. The second kappa shape index (κ2) is 18.1. The predicted molar refractivity (Wildman–Crippen MR) is 187 cm³/mol. The Morgan fingerprint density at radius 1 is 0.765 bits per heavy atom. The van der Waals surface area contributed by atoms with E-state index in [0.29, 0.717) is 36.8 Å². The molecule has 14 heteroatoms. The molecule has 51 heavy (non-hydrogen) atoms. The summed E-state index contributed by atoms with van der Waals surface area (Å²) in [6.45, 7) is 0.268. The van der Waals surface area contributed by atoms with Crippen molar-refractivity contribution in [1.29, 1.82) is 0 Å². The van der Waals surface area contributed by atoms with Gasteiger partial charge in [-0.1, -0.05) is 86.0 Å². The van der Waals surface area contributed by atoms with Gasteiger partial charge in [0.15, 0.2) is 0 Å². The molecule has 0 spiro atoms. The van der Waals surface area contributed by atoms with Gasteiger partial charge in [-0.3, -0.25) is 28.8 Å². The van der Waals surface area contributed by atoms with Crippen molar-refractivity contribution in [3.05, 3.63) is 83.4 Å². The Morgan fingerprint density at radius 3 is 2.10 bits per heavy atom. The van der Waals surface area contributed by atoms with Crippen LogP contribution in [0.3, 0.4) is 0 Å². The number of aliphatic carboxylic acids is 1. The van der Waals surface area contributed by atoms with E-state index in [1.54, 1.807) is 24.3 Å². The van der Waals surface area contributed by atoms with Gasteiger partial charge < -0.3 is 42.3 Å². The number of carbonyl (C=O) groups excluding carboxylic acids is 5. The summed E-state index contributed by atoms with van der Waals surface area (Å²) < 4.78 is 0. The molecule has 1 aliphatic rings. The number of nitrogens with two attached hydrogens (primary N) is 1. The number of benzene rings is 3. The van der Waals surface area contributed by atoms with Crippen molar-refractivity contribution < 1.29 is 44.1 Å². The summed E-state index contributed by atoms with van der Waals surface area (Å²) in [7, 11) is 0. The number of rotatable bonds is 17. The molecule has 0 radical (unpaired) electrons. The van der Waals surface area contributed by atoms with Crippen LogP contribution in [0.1, 0.15) is 61.6 Å². The molecule has 14 nitrogen and oxygen atoms in total. The average molecular weight is 704 g/mol. The van der Waals surface area contributed by atoms with Crippen LogP contribution in [0, 0.1) is 0 Å². The first-order valence-corrected chi connectivity index (χ1v) is 17.0. The van der Waals surface area contributed by atoms with E-state index < -0.39 is 65.8 Å². The van der Waals surface area contributed by atoms with Crippen molar-refractivity contribution >= 4 is 46.3 Å². The van der Waals surface area contributed by atoms with Crippen LogP contribution in [0.15, 0.2) is 66.7 Å². The molecule has 4 rings (SSSR count). The quantitative estimate of drug-likeness (QED) is 0.0730. The lowest BCUT2D eigenvalue weighted by Crippen LogP contribution is -2.65. The van der Waals surface area contributed by atoms with E-state index in [0.717, 1.165) is 22.8 Å². The molecule has 1 saturated carbocycles. The van der Waals surface area contributed by atoms with Crippen molar-refractivity contribution in [3.8, 4) is 0 Å². The van der Waals surface area contributed by atoms with Crippen molar-refractivity contribution in [2.45, 2.75) is 88.1 Å². The second-order valence-corrected chi connectivity index (χ2v) is 12.9. The van der Waals surface area contributed by atoms with E-state index in [1.807, 2.05) is 42.5 Å². The molecule has 0 aliphatic heterocycles. The molecular formula is C37H45N5O9. The molecule has 9 N–H and O–H groups in total. The second-order valence-electron chi connectivity index (χ2n) is 12.9. The number of aryl methyl sites for hydroxylation is 1. The van der Waals surface area contributed by atoms with Crippen LogP contribution in [0.5, 0.6) is 0 Å². The Bertz CT molecular complexity index is 1720. The molecule has 0 bridgehead atoms. The summed E-state index contributed by atoms with van der Waals surface area (Å²) in [5, 5.41) is 40.6. The standard InChI is InChI=1S/C37H45N5O9/c38-30(43)22-29(32(46)39-19-7-11-26-10-6-9-25-8-2-3-12-27(25)26)41-36(51)37(17-4-1-5-18-37)42-33(47)28(40-34(48)35(49)50)20-23-13-15-24(16-14-23)21-31(44)45/h2-3,6,8-10,12-16,28-29,35,49-50H,1,4-5,7,11,17-22H2,(H2,38,43)(H,39,46)(H,40,48)(H,41,51)(H,42,47)(H,44,45)/t28-,29-/m0/s1. The van der Waals surface area contributed by atoms with Crippen LogP contribution in [0.4, 0.5) is 0 Å². The van der Waals surface area contributed by atoms with Crippen LogP contribution >= 0.6 is 0 Å². The molecule has 0 aromatic heterocycles. The molecule has 5 amide bonds. The lowest BCUT2D eigenvalue weighted by atomic mass is 9.80. The molecule has 3 aromatic rings. The molecule has 0 unspecified atom stereocenters. The molecule has 1 aliphatic carbocycles. The molecule has 0 saturated heterocycles. The van der Waals surface area contributed by atoms with Crippen molar-refractivity contribution in [2.24, 2.45) is 5.73 Å². The van der Waals surface area contributed by atoms with Gasteiger partial charge in [0.1, 0.15) is 17.6 Å². The fourth-order valence-corrected chi connectivity index (χ4v) is 6.38. The highest BCUT2D eigenvalue weighted by Crippen LogP contribution is 2.29. The Balaban J connectivity index is 1.45. The Labute approximate surface area is 295 Å². The maximum absolute atomic E-state index is 14.0. The van der Waals surface area contributed by atoms with Crippen LogP contribution in [0.25, 0.3) is 10.8 Å². The van der Waals surface area contributed by atoms with Crippen LogP contribution < -0.4 is 27.0 Å². The third-order valence-corrected chi connectivity index (χ3v) is 9.02. The maximum Gasteiger partial charge on any atom is 0.307 e. The highest BCUT2D eigenvalue weighted by atomic mass is 16.5. The number of aliphatic hydroxyl groups is 2. The van der Waals surface area contributed by atoms with E-state index in [9.17, 15) is 39.0 Å². The van der Waals surface area contributed by atoms with Crippen molar-refractivity contribution in [2.75, 3.05) is 6.54 Å². The molecule has 3 aromatic carbocycles. The summed E-state index contributed by atoms with van der Waals surface area (Å²) >= 11 is 0. The zero-order valence-electron chi connectivity index (χ0n) is 28.2. The van der Waals surface area contributed by atoms with E-state index in [2.05, 4.69) is 21.3 Å². The van der Waals surface area contributed by atoms with Gasteiger partial charge in [0.2, 0.25) is 29.9 Å². The third-order valence-electron chi connectivity index (χ3n) is 9.02. The first kappa shape index (κ1) is 38.5. The largest absolute Gasteiger partial charge is 0.481 e. The van der Waals surface area contributed by atoms with Crippen LogP contribution in [-0.2, 0) is 48.0 Å². The highest BCUT2D eigenvalue weighted by Gasteiger charge is 2.43. The van der Waals surface area contributed by atoms with Gasteiger partial charge in [-0.05, 0) is 53.1 Å². The molecule has 2 atom stereocenters. The van der Waals surface area contributed by atoms with Gasteiger partial charge in [0, 0.05) is 13.0 Å². The summed E-state index contributed by atoms with van der Waals surface area (Å²) in [5.74, 6) is -5.16. The number of carbonyl (C=O) groups is 6. The van der Waals surface area contributed by atoms with Gasteiger partial charge >= 0.3 is 5.97 Å². The maximum atomic E-state index is 14.0. The minimum atomic E-state index is -2.41. The third kappa shape index (κ3) is 11.1. The van der Waals surface area contributed by atoms with Gasteiger partial charge in [-0.2, -0.15) is 0 Å². The average Bonchev–Trinajstić information content (AvgIpc) is 3.10. The SMILES string of the molecule is NC(=O)C[C@H](NC(=O)C1(NC(=O)[C@H](Cc2ccc(CC(=O)O)cc2)NC(=O)C(O)O)CCCCC1)C(=O)NCCCc1cccc2ccccc12. The molecular weight excluding hydrogens is 658 g/mol. The van der Waals surface area contributed by atoms with Crippen LogP contribution in [-0.4, -0.2) is 81.3 Å². The zero-order chi connectivity index (χ0) is 37.0. The first-order valence-electron chi connectivity index (χ1n) is 17.0. The number of primary amides is 1. The summed E-state index contributed by atoms with van der Waals surface area (Å²) in [4.78, 5) is 76.3. The lowest BCUT2D eigenvalue weighted by molar-refractivity contribution is -0.150. The fourth-order valence-electron chi connectivity index (χ4n) is 6.38. The van der Waals surface area contributed by atoms with Gasteiger partial charge in [0.25, 0.3) is 5.91 Å². The normalized spacial score (nSPS) is 15.0. The van der Waals surface area contributed by atoms with Gasteiger partial charge in [-0.25, -0.2) is 0 Å². The number of amides is 5. The fraction of sp³-hybridized carbons (Fsp3) is 0.405. The van der Waals surface area contributed by atoms with E-state index in [1.165, 1.54) is 0 Å². The minimum Gasteiger partial charge on any atom is -0.481 e. The Kier molecular flexibility index (Phi) is 13.6. The van der Waals surface area contributed by atoms with E-state index in [4.69, 9.17) is 10.8 Å². The number of fused-ring (bicyclic) bond motifs is 1. The van der Waals surface area contributed by atoms with Crippen molar-refractivity contribution in [3.63, 3.8) is 0 Å². The summed E-state index contributed by atoms with van der Waals surface area (Å²) in [6.07, 6.45) is 0.360. The predicted octanol–water partition coefficient (Wildman–Crippen LogP) is 0.733. The Morgan fingerprint density at radius 2 is 1.43 bits per heavy atom. The van der Waals surface area contributed by atoms with E-state index in [-0.39, 0.29) is 32.2 Å². The molecule has 1 fully saturated rings. The number of carboxylic acid groups (broad SMARTS) is 1. The number of hydrogen-bond donors (Lipinski definition) is 8. The van der Waals surface area contributed by atoms with Crippen molar-refractivity contribution in [1.82, 2.24) is 21.3 Å². The number of nitrogens with one attached hydrogen (secondary N) is 4. The Hall–Kier alpha value is -5.34. The highest BCUT2D eigenvalue weighted by molar-refractivity contribution is 5.98. The molecule has 272 valence electrons.